The summed E-state index contributed by atoms with van der Waals surface area (Å²) in [5.41, 5.74) is 2.36. The molecule has 2 heterocycles. The molecule has 2 aromatic rings. The van der Waals surface area contributed by atoms with Crippen LogP contribution < -0.4 is 5.32 Å². The summed E-state index contributed by atoms with van der Waals surface area (Å²) >= 11 is 0. The van der Waals surface area contributed by atoms with Gasteiger partial charge in [0.2, 0.25) is 10.0 Å². The third kappa shape index (κ3) is 7.16. The fourth-order valence-corrected chi connectivity index (χ4v) is 4.69. The van der Waals surface area contributed by atoms with E-state index in [1.54, 1.807) is 6.07 Å². The van der Waals surface area contributed by atoms with Crippen LogP contribution in [0.1, 0.15) is 29.8 Å². The van der Waals surface area contributed by atoms with Crippen molar-refractivity contribution in [2.45, 2.75) is 25.7 Å². The van der Waals surface area contributed by atoms with Gasteiger partial charge in [0.05, 0.1) is 18.3 Å². The van der Waals surface area contributed by atoms with Crippen molar-refractivity contribution in [2.75, 3.05) is 39.3 Å². The molecule has 1 atom stereocenters. The Morgan fingerprint density at radius 3 is 2.48 bits per heavy atom. The number of aliphatic hydroxyl groups excluding tert-OH is 1. The van der Waals surface area contributed by atoms with Gasteiger partial charge in [-0.25, -0.2) is 8.42 Å². The molecule has 0 bridgehead atoms. The molecule has 31 heavy (non-hydrogen) atoms. The van der Waals surface area contributed by atoms with Crippen molar-refractivity contribution >= 4 is 40.0 Å². The van der Waals surface area contributed by atoms with Crippen molar-refractivity contribution in [1.82, 2.24) is 19.7 Å². The quantitative estimate of drug-likeness (QED) is 0.300. The van der Waals surface area contributed by atoms with Gasteiger partial charge in [0.15, 0.2) is 5.96 Å². The number of sulfonamides is 1. The maximum absolute atomic E-state index is 12.6. The molecule has 1 aliphatic heterocycles. The molecule has 1 saturated heterocycles. The van der Waals surface area contributed by atoms with Crippen molar-refractivity contribution in [1.29, 1.82) is 0 Å². The maximum atomic E-state index is 12.6. The second kappa shape index (κ2) is 11.8. The number of benzene rings is 1. The minimum absolute atomic E-state index is 0. The van der Waals surface area contributed by atoms with Crippen LogP contribution in [0.5, 0.6) is 0 Å². The first kappa shape index (κ1) is 25.6. The molecule has 3 rings (SSSR count). The first-order valence-corrected chi connectivity index (χ1v) is 11.6. The van der Waals surface area contributed by atoms with Crippen LogP contribution in [0.4, 0.5) is 0 Å². The van der Waals surface area contributed by atoms with Crippen LogP contribution in [0.25, 0.3) is 0 Å². The zero-order valence-electron chi connectivity index (χ0n) is 17.8. The number of guanidine groups is 1. The zero-order chi connectivity index (χ0) is 21.6. The van der Waals surface area contributed by atoms with Crippen LogP contribution >= 0.6 is 24.0 Å². The van der Waals surface area contributed by atoms with Crippen molar-refractivity contribution in [2.24, 2.45) is 4.99 Å². The van der Waals surface area contributed by atoms with E-state index < -0.39 is 16.1 Å². The Morgan fingerprint density at radius 2 is 1.90 bits per heavy atom. The molecule has 0 spiro atoms. The first-order valence-electron chi connectivity index (χ1n) is 10.0. The highest BCUT2D eigenvalue weighted by Crippen LogP contribution is 2.15. The van der Waals surface area contributed by atoms with Crippen molar-refractivity contribution in [3.05, 3.63) is 53.4 Å². The molecule has 0 radical (unpaired) electrons. The molecule has 2 N–H and O–H groups in total. The van der Waals surface area contributed by atoms with E-state index >= 15 is 0 Å². The third-order valence-corrected chi connectivity index (χ3v) is 6.78. The summed E-state index contributed by atoms with van der Waals surface area (Å²) in [4.78, 5) is 6.60. The number of aromatic nitrogens is 1. The third-order valence-electron chi connectivity index (χ3n) is 4.96. The highest BCUT2D eigenvalue weighted by Gasteiger charge is 2.29. The number of piperazine rings is 1. The Labute approximate surface area is 200 Å². The fraction of sp³-hybridized carbons (Fsp3) is 0.500. The zero-order valence-corrected chi connectivity index (χ0v) is 20.9. The van der Waals surface area contributed by atoms with Crippen LogP contribution in [-0.2, 0) is 15.8 Å². The Bertz CT molecular complexity index is 927. The minimum atomic E-state index is -3.45. The van der Waals surface area contributed by atoms with Crippen LogP contribution in [0.15, 0.2) is 46.1 Å². The molecule has 0 amide bonds. The van der Waals surface area contributed by atoms with Gasteiger partial charge in [-0.2, -0.15) is 4.31 Å². The molecule has 1 unspecified atom stereocenters. The van der Waals surface area contributed by atoms with E-state index in [2.05, 4.69) is 15.5 Å². The second-order valence-electron chi connectivity index (χ2n) is 7.25. The minimum Gasteiger partial charge on any atom is -0.386 e. The van der Waals surface area contributed by atoms with Gasteiger partial charge in [-0.3, -0.25) is 4.99 Å². The summed E-state index contributed by atoms with van der Waals surface area (Å²) < 4.78 is 31.4. The van der Waals surface area contributed by atoms with E-state index in [1.807, 2.05) is 43.0 Å². The lowest BCUT2D eigenvalue weighted by molar-refractivity contribution is 0.186. The van der Waals surface area contributed by atoms with Crippen LogP contribution in [0.2, 0.25) is 0 Å². The molecule has 1 aromatic carbocycles. The van der Waals surface area contributed by atoms with E-state index in [-0.39, 0.29) is 36.3 Å². The molecular weight excluding hydrogens is 533 g/mol. The number of aliphatic hydroxyl groups is 1. The molecular formula is C20H30IN5O4S. The van der Waals surface area contributed by atoms with Gasteiger partial charge in [0, 0.05) is 38.8 Å². The Hall–Kier alpha value is -1.70. The summed E-state index contributed by atoms with van der Waals surface area (Å²) in [6, 6.07) is 9.30. The Balaban J connectivity index is 0.00000341. The second-order valence-corrected chi connectivity index (χ2v) is 9.22. The number of hydrogen-bond donors (Lipinski definition) is 2. The van der Waals surface area contributed by atoms with Gasteiger partial charge in [-0.15, -0.1) is 24.0 Å². The number of aryl methyl sites for hydroxylation is 1. The fourth-order valence-electron chi connectivity index (χ4n) is 3.26. The topological polar surface area (TPSA) is 111 Å². The molecule has 11 heteroatoms. The van der Waals surface area contributed by atoms with E-state index in [0.717, 1.165) is 11.1 Å². The average molecular weight is 563 g/mol. The van der Waals surface area contributed by atoms with Crippen molar-refractivity contribution < 1.29 is 18.0 Å². The van der Waals surface area contributed by atoms with Gasteiger partial charge >= 0.3 is 0 Å². The molecule has 9 nitrogen and oxygen atoms in total. The predicted octanol–water partition coefficient (Wildman–Crippen LogP) is 1.75. The number of halogens is 1. The van der Waals surface area contributed by atoms with Crippen LogP contribution in [0.3, 0.4) is 0 Å². The van der Waals surface area contributed by atoms with E-state index in [0.29, 0.717) is 44.4 Å². The highest BCUT2D eigenvalue weighted by atomic mass is 127. The van der Waals surface area contributed by atoms with Gasteiger partial charge < -0.3 is 19.8 Å². The van der Waals surface area contributed by atoms with Crippen molar-refractivity contribution in [3.63, 3.8) is 0 Å². The highest BCUT2D eigenvalue weighted by molar-refractivity contribution is 14.0. The van der Waals surface area contributed by atoms with Gasteiger partial charge in [0.1, 0.15) is 12.0 Å². The lowest BCUT2D eigenvalue weighted by atomic mass is 10.1. The molecule has 0 aliphatic carbocycles. The Kier molecular flexibility index (Phi) is 9.72. The lowest BCUT2D eigenvalue weighted by Crippen LogP contribution is -2.54. The largest absolute Gasteiger partial charge is 0.386 e. The summed E-state index contributed by atoms with van der Waals surface area (Å²) in [5, 5.41) is 17.4. The van der Waals surface area contributed by atoms with Crippen LogP contribution in [-0.4, -0.2) is 73.1 Å². The van der Waals surface area contributed by atoms with Gasteiger partial charge in [-0.05, 0) is 19.4 Å². The summed E-state index contributed by atoms with van der Waals surface area (Å²) in [7, 11) is -3.45. The standard InChI is InChI=1S/C20H29N5O4S.HI/c1-3-21-20(22-14-19(26)17-6-4-16(2)5-7-17)24-9-11-25(12-10-24)30(27,28)15-18-8-13-29-23-18;/h4-8,13,19,26H,3,9-12,14-15H2,1-2H3,(H,21,22);1H. The van der Waals surface area contributed by atoms with Gasteiger partial charge in [0.25, 0.3) is 0 Å². The van der Waals surface area contributed by atoms with Gasteiger partial charge in [-0.1, -0.05) is 35.0 Å². The number of nitrogens with zero attached hydrogens (tertiary/aromatic N) is 4. The number of aliphatic imine (C=N–C) groups is 1. The molecule has 1 fully saturated rings. The maximum Gasteiger partial charge on any atom is 0.220 e. The summed E-state index contributed by atoms with van der Waals surface area (Å²) in [6.07, 6.45) is 0.677. The normalized spacial score (nSPS) is 16.6. The summed E-state index contributed by atoms with van der Waals surface area (Å²) in [5.74, 6) is 0.512. The molecule has 0 saturated carbocycles. The van der Waals surface area contributed by atoms with Crippen LogP contribution in [0, 0.1) is 6.92 Å². The van der Waals surface area contributed by atoms with E-state index in [4.69, 9.17) is 4.52 Å². The molecule has 1 aliphatic rings. The predicted molar refractivity (Wildman–Crippen MR) is 130 cm³/mol. The molecule has 1 aromatic heterocycles. The summed E-state index contributed by atoms with van der Waals surface area (Å²) in [6.45, 7) is 6.67. The van der Waals surface area contributed by atoms with Crippen molar-refractivity contribution in [3.8, 4) is 0 Å². The van der Waals surface area contributed by atoms with E-state index in [9.17, 15) is 13.5 Å². The monoisotopic (exact) mass is 563 g/mol. The molecule has 172 valence electrons. The average Bonchev–Trinajstić information content (AvgIpc) is 3.24. The first-order chi connectivity index (χ1) is 14.4. The smallest absolute Gasteiger partial charge is 0.220 e. The SMILES string of the molecule is CCNC(=NCC(O)c1ccc(C)cc1)N1CCN(S(=O)(=O)Cc2ccon2)CC1.I. The van der Waals surface area contributed by atoms with E-state index in [1.165, 1.54) is 10.6 Å². The number of hydrogen-bond acceptors (Lipinski definition) is 6. The Morgan fingerprint density at radius 1 is 1.23 bits per heavy atom. The lowest BCUT2D eigenvalue weighted by Gasteiger charge is -2.35. The number of nitrogens with one attached hydrogen (secondary N) is 1. The number of rotatable bonds is 7.